The van der Waals surface area contributed by atoms with E-state index in [-0.39, 0.29) is 0 Å². The average molecular weight is 262 g/mol. The number of likely N-dealkylation sites (tertiary alicyclic amines) is 1. The van der Waals surface area contributed by atoms with E-state index < -0.39 is 0 Å². The predicted molar refractivity (Wildman–Crippen MR) is 77.4 cm³/mol. The number of fused-ring (bicyclic) bond motifs is 1. The van der Waals surface area contributed by atoms with E-state index in [0.29, 0.717) is 6.04 Å². The van der Waals surface area contributed by atoms with E-state index in [0.717, 1.165) is 19.5 Å². The van der Waals surface area contributed by atoms with Crippen molar-refractivity contribution in [3.63, 3.8) is 0 Å². The molecule has 1 saturated heterocycles. The highest BCUT2D eigenvalue weighted by molar-refractivity contribution is 5.20. The van der Waals surface area contributed by atoms with E-state index >= 15 is 0 Å². The van der Waals surface area contributed by atoms with Crippen LogP contribution in [-0.4, -0.2) is 40.6 Å². The molecule has 19 heavy (non-hydrogen) atoms. The lowest BCUT2D eigenvalue weighted by Gasteiger charge is -2.31. The van der Waals surface area contributed by atoms with Gasteiger partial charge in [0.05, 0.1) is 5.69 Å². The molecule has 1 atom stereocenters. The van der Waals surface area contributed by atoms with Gasteiger partial charge in [0.15, 0.2) is 0 Å². The van der Waals surface area contributed by atoms with E-state index in [9.17, 15) is 0 Å². The minimum atomic E-state index is 0.549. The first kappa shape index (κ1) is 13.1. The van der Waals surface area contributed by atoms with Crippen LogP contribution >= 0.6 is 0 Å². The second kappa shape index (κ2) is 5.63. The monoisotopic (exact) mass is 262 g/mol. The Morgan fingerprint density at radius 2 is 2.05 bits per heavy atom. The highest BCUT2D eigenvalue weighted by Gasteiger charge is 2.22. The Bertz CT molecular complexity index is 432. The molecule has 0 amide bonds. The zero-order chi connectivity index (χ0) is 13.2. The van der Waals surface area contributed by atoms with Crippen molar-refractivity contribution in [2.75, 3.05) is 26.2 Å². The Kier molecular flexibility index (Phi) is 3.89. The summed E-state index contributed by atoms with van der Waals surface area (Å²) in [7, 11) is 0. The van der Waals surface area contributed by atoms with Crippen LogP contribution in [0.15, 0.2) is 0 Å². The van der Waals surface area contributed by atoms with Crippen molar-refractivity contribution in [3.05, 3.63) is 17.2 Å². The largest absolute Gasteiger partial charge is 0.328 e. The van der Waals surface area contributed by atoms with E-state index in [1.54, 1.807) is 0 Å². The fourth-order valence-electron chi connectivity index (χ4n) is 3.65. The molecular formula is C15H26N4. The third-order valence-corrected chi connectivity index (χ3v) is 4.51. The van der Waals surface area contributed by atoms with Crippen LogP contribution in [0.25, 0.3) is 0 Å². The minimum Gasteiger partial charge on any atom is -0.328 e. The lowest BCUT2D eigenvalue weighted by Crippen LogP contribution is -2.35. The second-order valence-corrected chi connectivity index (χ2v) is 6.06. The molecular weight excluding hydrogens is 236 g/mol. The predicted octanol–water partition coefficient (Wildman–Crippen LogP) is 1.88. The lowest BCUT2D eigenvalue weighted by molar-refractivity contribution is 0.200. The molecule has 0 bridgehead atoms. The van der Waals surface area contributed by atoms with Crippen LogP contribution in [0.1, 0.15) is 49.4 Å². The summed E-state index contributed by atoms with van der Waals surface area (Å²) in [6.45, 7) is 10.3. The van der Waals surface area contributed by atoms with Gasteiger partial charge in [0.2, 0.25) is 0 Å². The van der Waals surface area contributed by atoms with Gasteiger partial charge in [-0.2, -0.15) is 0 Å². The number of aromatic nitrogens is 2. The normalized spacial score (nSPS) is 22.2. The molecule has 0 radical (unpaired) electrons. The van der Waals surface area contributed by atoms with Crippen molar-refractivity contribution in [3.8, 4) is 0 Å². The van der Waals surface area contributed by atoms with Crippen LogP contribution in [-0.2, 0) is 13.0 Å². The molecule has 3 rings (SSSR count). The smallest absolute Gasteiger partial charge is 0.106 e. The fourth-order valence-corrected chi connectivity index (χ4v) is 3.65. The van der Waals surface area contributed by atoms with E-state index in [4.69, 9.17) is 4.98 Å². The molecule has 4 nitrogen and oxygen atoms in total. The summed E-state index contributed by atoms with van der Waals surface area (Å²) < 4.78 is 2.49. The van der Waals surface area contributed by atoms with E-state index in [2.05, 4.69) is 28.6 Å². The van der Waals surface area contributed by atoms with Gasteiger partial charge in [-0.1, -0.05) is 6.42 Å². The van der Waals surface area contributed by atoms with Crippen LogP contribution < -0.4 is 5.32 Å². The third-order valence-electron chi connectivity index (χ3n) is 4.51. The molecule has 4 heteroatoms. The topological polar surface area (TPSA) is 33.1 Å². The quantitative estimate of drug-likeness (QED) is 0.903. The van der Waals surface area contributed by atoms with Crippen molar-refractivity contribution in [2.24, 2.45) is 0 Å². The first-order valence-electron chi connectivity index (χ1n) is 7.75. The van der Waals surface area contributed by atoms with E-state index in [1.165, 1.54) is 56.1 Å². The molecule has 0 aliphatic carbocycles. The Balaban J connectivity index is 1.75. The molecule has 1 N–H and O–H groups in total. The standard InChI is InChI=1S/C15H26N4/c1-12(11-18-8-4-3-5-9-18)19-13(2)17-14-10-16-7-6-15(14)19/h12,16H,3-11H2,1-2H3. The SMILES string of the molecule is Cc1nc2c(n1C(C)CN1CCCCC1)CCNC2. The van der Waals surface area contributed by atoms with Gasteiger partial charge in [-0.3, -0.25) is 0 Å². The van der Waals surface area contributed by atoms with Crippen LogP contribution in [0.5, 0.6) is 0 Å². The molecule has 1 fully saturated rings. The van der Waals surface area contributed by atoms with Gasteiger partial charge in [-0.15, -0.1) is 0 Å². The Morgan fingerprint density at radius 1 is 1.26 bits per heavy atom. The van der Waals surface area contributed by atoms with Gasteiger partial charge < -0.3 is 14.8 Å². The molecule has 3 heterocycles. The van der Waals surface area contributed by atoms with Gasteiger partial charge >= 0.3 is 0 Å². The number of piperidine rings is 1. The summed E-state index contributed by atoms with van der Waals surface area (Å²) in [5.41, 5.74) is 2.75. The second-order valence-electron chi connectivity index (χ2n) is 6.06. The molecule has 2 aliphatic rings. The molecule has 1 aromatic heterocycles. The maximum Gasteiger partial charge on any atom is 0.106 e. The van der Waals surface area contributed by atoms with Crippen LogP contribution in [0.4, 0.5) is 0 Å². The first-order chi connectivity index (χ1) is 9.25. The zero-order valence-electron chi connectivity index (χ0n) is 12.3. The van der Waals surface area contributed by atoms with Gasteiger partial charge in [-0.05, 0) is 39.8 Å². The fraction of sp³-hybridized carbons (Fsp3) is 0.800. The van der Waals surface area contributed by atoms with Crippen LogP contribution in [0.3, 0.4) is 0 Å². The van der Waals surface area contributed by atoms with Gasteiger partial charge in [0.25, 0.3) is 0 Å². The number of imidazole rings is 1. The molecule has 0 spiro atoms. The maximum absolute atomic E-state index is 4.75. The lowest BCUT2D eigenvalue weighted by atomic mass is 10.1. The summed E-state index contributed by atoms with van der Waals surface area (Å²) in [5.74, 6) is 1.19. The number of nitrogens with one attached hydrogen (secondary N) is 1. The summed E-state index contributed by atoms with van der Waals surface area (Å²) in [6.07, 6.45) is 5.28. The average Bonchev–Trinajstić information content (AvgIpc) is 2.75. The van der Waals surface area contributed by atoms with Crippen LogP contribution in [0.2, 0.25) is 0 Å². The van der Waals surface area contributed by atoms with Crippen molar-refractivity contribution < 1.29 is 0 Å². The van der Waals surface area contributed by atoms with Crippen LogP contribution in [0, 0.1) is 6.92 Å². The molecule has 106 valence electrons. The molecule has 0 saturated carbocycles. The maximum atomic E-state index is 4.75. The summed E-state index contributed by atoms with van der Waals surface area (Å²) in [4.78, 5) is 7.37. The number of nitrogens with zero attached hydrogens (tertiary/aromatic N) is 3. The minimum absolute atomic E-state index is 0.549. The van der Waals surface area contributed by atoms with E-state index in [1.807, 2.05) is 0 Å². The summed E-state index contributed by atoms with van der Waals surface area (Å²) >= 11 is 0. The Labute approximate surface area is 116 Å². The first-order valence-corrected chi connectivity index (χ1v) is 7.75. The molecule has 2 aliphatic heterocycles. The number of hydrogen-bond acceptors (Lipinski definition) is 3. The Morgan fingerprint density at radius 3 is 2.84 bits per heavy atom. The number of aryl methyl sites for hydroxylation is 1. The van der Waals surface area contributed by atoms with Gasteiger partial charge in [-0.25, -0.2) is 4.98 Å². The van der Waals surface area contributed by atoms with Crippen molar-refractivity contribution in [1.29, 1.82) is 0 Å². The highest BCUT2D eigenvalue weighted by Crippen LogP contribution is 2.22. The zero-order valence-corrected chi connectivity index (χ0v) is 12.3. The molecule has 1 unspecified atom stereocenters. The molecule has 1 aromatic rings. The van der Waals surface area contributed by atoms with Gasteiger partial charge in [0.1, 0.15) is 5.82 Å². The molecule has 0 aromatic carbocycles. The number of hydrogen-bond donors (Lipinski definition) is 1. The highest BCUT2D eigenvalue weighted by atomic mass is 15.2. The van der Waals surface area contributed by atoms with Crippen molar-refractivity contribution >= 4 is 0 Å². The van der Waals surface area contributed by atoms with Gasteiger partial charge in [0, 0.05) is 37.8 Å². The summed E-state index contributed by atoms with van der Waals surface area (Å²) in [6, 6.07) is 0.549. The van der Waals surface area contributed by atoms with Crippen molar-refractivity contribution in [2.45, 2.75) is 52.1 Å². The summed E-state index contributed by atoms with van der Waals surface area (Å²) in [5, 5.41) is 3.42. The van der Waals surface area contributed by atoms with Crippen molar-refractivity contribution in [1.82, 2.24) is 19.8 Å². The third kappa shape index (κ3) is 2.70. The Hall–Kier alpha value is -0.870. The number of rotatable bonds is 3.